The SMILES string of the molecule is Clc1ccc(CN=Nc2nc(Cl)cc(Nc3cccc(Br)c3)n2)cc1. The van der Waals surface area contributed by atoms with Crippen molar-refractivity contribution < 1.29 is 0 Å². The van der Waals surface area contributed by atoms with E-state index in [9.17, 15) is 0 Å². The van der Waals surface area contributed by atoms with Gasteiger partial charge in [0.2, 0.25) is 0 Å². The summed E-state index contributed by atoms with van der Waals surface area (Å²) >= 11 is 15.3. The van der Waals surface area contributed by atoms with Gasteiger partial charge in [0.15, 0.2) is 0 Å². The molecule has 0 spiro atoms. The molecule has 0 amide bonds. The highest BCUT2D eigenvalue weighted by Crippen LogP contribution is 2.23. The molecule has 3 aromatic rings. The first-order valence-electron chi connectivity index (χ1n) is 7.27. The molecule has 5 nitrogen and oxygen atoms in total. The van der Waals surface area contributed by atoms with E-state index >= 15 is 0 Å². The third-order valence-corrected chi connectivity index (χ3v) is 4.05. The highest BCUT2D eigenvalue weighted by atomic mass is 79.9. The van der Waals surface area contributed by atoms with Crippen LogP contribution in [-0.4, -0.2) is 9.97 Å². The normalized spacial score (nSPS) is 11.0. The largest absolute Gasteiger partial charge is 0.340 e. The lowest BCUT2D eigenvalue weighted by atomic mass is 10.2. The number of hydrogen-bond acceptors (Lipinski definition) is 5. The average Bonchev–Trinajstić information content (AvgIpc) is 2.56. The van der Waals surface area contributed by atoms with Gasteiger partial charge < -0.3 is 5.32 Å². The number of benzene rings is 2. The van der Waals surface area contributed by atoms with Crippen LogP contribution in [0.15, 0.2) is 69.3 Å². The van der Waals surface area contributed by atoms with Crippen molar-refractivity contribution in [2.24, 2.45) is 10.2 Å². The quantitative estimate of drug-likeness (QED) is 0.363. The van der Waals surface area contributed by atoms with Gasteiger partial charge in [0.25, 0.3) is 5.95 Å². The number of rotatable bonds is 5. The number of nitrogens with one attached hydrogen (secondary N) is 1. The zero-order valence-electron chi connectivity index (χ0n) is 12.8. The topological polar surface area (TPSA) is 62.5 Å². The lowest BCUT2D eigenvalue weighted by molar-refractivity contribution is 0.927. The molecule has 0 bridgehead atoms. The fourth-order valence-corrected chi connectivity index (χ4v) is 2.70. The molecule has 1 heterocycles. The Morgan fingerprint density at radius 3 is 2.56 bits per heavy atom. The lowest BCUT2D eigenvalue weighted by Gasteiger charge is -2.06. The van der Waals surface area contributed by atoms with E-state index in [2.05, 4.69) is 41.4 Å². The summed E-state index contributed by atoms with van der Waals surface area (Å²) in [6.45, 7) is 0.404. The second-order valence-electron chi connectivity index (χ2n) is 5.04. The van der Waals surface area contributed by atoms with Crippen LogP contribution < -0.4 is 5.32 Å². The first-order chi connectivity index (χ1) is 12.1. The highest BCUT2D eigenvalue weighted by molar-refractivity contribution is 9.10. The fourth-order valence-electron chi connectivity index (χ4n) is 2.00. The second-order valence-corrected chi connectivity index (χ2v) is 6.78. The molecule has 126 valence electrons. The predicted octanol–water partition coefficient (Wildman–Crippen LogP) is 6.57. The van der Waals surface area contributed by atoms with Crippen molar-refractivity contribution in [1.82, 2.24) is 9.97 Å². The maximum Gasteiger partial charge on any atom is 0.271 e. The molecule has 1 aromatic heterocycles. The smallest absolute Gasteiger partial charge is 0.271 e. The van der Waals surface area contributed by atoms with E-state index in [0.717, 1.165) is 15.7 Å². The zero-order chi connectivity index (χ0) is 17.6. The Labute approximate surface area is 163 Å². The maximum absolute atomic E-state index is 6.04. The molecule has 8 heteroatoms. The standard InChI is InChI=1S/C17H12BrCl2N5/c18-12-2-1-3-14(8-12)22-16-9-15(20)23-17(24-16)25-21-10-11-4-6-13(19)7-5-11/h1-9H,10H2,(H,22,23,24). The average molecular weight is 437 g/mol. The minimum Gasteiger partial charge on any atom is -0.340 e. The fraction of sp³-hybridized carbons (Fsp3) is 0.0588. The van der Waals surface area contributed by atoms with Crippen LogP contribution in [0.25, 0.3) is 0 Å². The van der Waals surface area contributed by atoms with Crippen LogP contribution in [-0.2, 0) is 6.54 Å². The molecule has 0 aliphatic heterocycles. The first kappa shape index (κ1) is 17.8. The molecule has 0 radical (unpaired) electrons. The van der Waals surface area contributed by atoms with Crippen LogP contribution in [0.1, 0.15) is 5.56 Å². The van der Waals surface area contributed by atoms with Gasteiger partial charge in [0, 0.05) is 21.2 Å². The highest BCUT2D eigenvalue weighted by Gasteiger charge is 2.04. The summed E-state index contributed by atoms with van der Waals surface area (Å²) in [5.41, 5.74) is 1.86. The summed E-state index contributed by atoms with van der Waals surface area (Å²) in [4.78, 5) is 8.36. The van der Waals surface area contributed by atoms with Crippen LogP contribution >= 0.6 is 39.1 Å². The summed E-state index contributed by atoms with van der Waals surface area (Å²) in [6, 6.07) is 16.7. The Hall–Kier alpha value is -2.02. The van der Waals surface area contributed by atoms with E-state index in [4.69, 9.17) is 23.2 Å². The summed E-state index contributed by atoms with van der Waals surface area (Å²) in [6.07, 6.45) is 0. The van der Waals surface area contributed by atoms with Crippen LogP contribution in [0.3, 0.4) is 0 Å². The summed E-state index contributed by atoms with van der Waals surface area (Å²) in [5, 5.41) is 12.3. The van der Waals surface area contributed by atoms with Crippen molar-refractivity contribution in [1.29, 1.82) is 0 Å². The van der Waals surface area contributed by atoms with Crippen LogP contribution in [0.4, 0.5) is 17.5 Å². The van der Waals surface area contributed by atoms with Crippen LogP contribution in [0.2, 0.25) is 10.2 Å². The molecule has 25 heavy (non-hydrogen) atoms. The van der Waals surface area contributed by atoms with Gasteiger partial charge in [-0.3, -0.25) is 0 Å². The number of halogens is 3. The molecule has 0 aliphatic rings. The van der Waals surface area contributed by atoms with E-state index < -0.39 is 0 Å². The number of aromatic nitrogens is 2. The molecule has 0 aliphatic carbocycles. The minimum absolute atomic E-state index is 0.193. The molecule has 3 rings (SSSR count). The molecular weight excluding hydrogens is 425 g/mol. The van der Waals surface area contributed by atoms with Gasteiger partial charge in [-0.1, -0.05) is 57.3 Å². The lowest BCUT2D eigenvalue weighted by Crippen LogP contribution is -1.95. The van der Waals surface area contributed by atoms with Crippen LogP contribution in [0.5, 0.6) is 0 Å². The Bertz CT molecular complexity index is 900. The van der Waals surface area contributed by atoms with E-state index in [1.807, 2.05) is 48.5 Å². The van der Waals surface area contributed by atoms with Crippen LogP contribution in [0, 0.1) is 0 Å². The third kappa shape index (κ3) is 5.49. The first-order valence-corrected chi connectivity index (χ1v) is 8.82. The number of nitrogens with zero attached hydrogens (tertiary/aromatic N) is 4. The van der Waals surface area contributed by atoms with Gasteiger partial charge in [-0.05, 0) is 35.9 Å². The van der Waals surface area contributed by atoms with Gasteiger partial charge in [0.05, 0.1) is 6.54 Å². The second kappa shape index (κ2) is 8.38. The molecular formula is C17H12BrCl2N5. The van der Waals surface area contributed by atoms with E-state index in [-0.39, 0.29) is 11.1 Å². The molecule has 1 N–H and O–H groups in total. The molecule has 0 atom stereocenters. The number of azo groups is 1. The molecule has 0 saturated heterocycles. The van der Waals surface area contributed by atoms with Crippen molar-refractivity contribution in [2.45, 2.75) is 6.54 Å². The zero-order valence-corrected chi connectivity index (χ0v) is 15.9. The van der Waals surface area contributed by atoms with E-state index in [0.29, 0.717) is 17.4 Å². The predicted molar refractivity (Wildman–Crippen MR) is 104 cm³/mol. The van der Waals surface area contributed by atoms with E-state index in [1.54, 1.807) is 6.07 Å². The maximum atomic E-state index is 6.04. The summed E-state index contributed by atoms with van der Waals surface area (Å²) < 4.78 is 0.959. The molecule has 0 saturated carbocycles. The third-order valence-electron chi connectivity index (χ3n) is 3.11. The Morgan fingerprint density at radius 1 is 1.00 bits per heavy atom. The van der Waals surface area contributed by atoms with Gasteiger partial charge in [0.1, 0.15) is 11.0 Å². The Balaban J connectivity index is 1.72. The Kier molecular flexibility index (Phi) is 5.96. The van der Waals surface area contributed by atoms with Crippen molar-refractivity contribution >= 4 is 56.6 Å². The number of hydrogen-bond donors (Lipinski definition) is 1. The van der Waals surface area contributed by atoms with Crippen molar-refractivity contribution in [2.75, 3.05) is 5.32 Å². The summed E-state index contributed by atoms with van der Waals surface area (Å²) in [7, 11) is 0. The summed E-state index contributed by atoms with van der Waals surface area (Å²) in [5.74, 6) is 0.734. The Morgan fingerprint density at radius 2 is 1.80 bits per heavy atom. The van der Waals surface area contributed by atoms with Crippen molar-refractivity contribution in [3.63, 3.8) is 0 Å². The van der Waals surface area contributed by atoms with E-state index in [1.165, 1.54) is 0 Å². The van der Waals surface area contributed by atoms with Crippen molar-refractivity contribution in [3.8, 4) is 0 Å². The van der Waals surface area contributed by atoms with Gasteiger partial charge in [-0.25, -0.2) is 0 Å². The molecule has 0 fully saturated rings. The monoisotopic (exact) mass is 435 g/mol. The minimum atomic E-state index is 0.193. The van der Waals surface area contributed by atoms with Gasteiger partial charge in [-0.15, -0.1) is 5.11 Å². The van der Waals surface area contributed by atoms with Gasteiger partial charge >= 0.3 is 0 Å². The molecule has 2 aromatic carbocycles. The van der Waals surface area contributed by atoms with Crippen molar-refractivity contribution in [3.05, 3.63) is 74.8 Å². The molecule has 0 unspecified atom stereocenters. The number of anilines is 2. The van der Waals surface area contributed by atoms with Gasteiger partial charge in [-0.2, -0.15) is 15.1 Å².